The molecule has 26 heavy (non-hydrogen) atoms. The Bertz CT molecular complexity index is 814. The van der Waals surface area contributed by atoms with E-state index in [0.29, 0.717) is 11.6 Å². The van der Waals surface area contributed by atoms with Crippen molar-refractivity contribution in [3.63, 3.8) is 0 Å². The van der Waals surface area contributed by atoms with Gasteiger partial charge in [-0.05, 0) is 39.8 Å². The van der Waals surface area contributed by atoms with E-state index in [1.165, 1.54) is 0 Å². The maximum atomic E-state index is 12.3. The molecule has 0 spiro atoms. The highest BCUT2D eigenvalue weighted by Gasteiger charge is 2.14. The fourth-order valence-electron chi connectivity index (χ4n) is 2.33. The minimum atomic E-state index is -0.329. The third-order valence-electron chi connectivity index (χ3n) is 3.99. The summed E-state index contributed by atoms with van der Waals surface area (Å²) in [5.74, 6) is 1.05. The molecule has 0 saturated heterocycles. The zero-order valence-corrected chi connectivity index (χ0v) is 15.9. The van der Waals surface area contributed by atoms with E-state index in [1.54, 1.807) is 18.0 Å². The number of carbonyl (C=O) groups excluding carboxylic acids is 1. The molecule has 2 aromatic rings. The normalized spacial score (nSPS) is 11.0. The predicted octanol–water partition coefficient (Wildman–Crippen LogP) is 2.42. The van der Waals surface area contributed by atoms with Gasteiger partial charge in [0.05, 0.1) is 6.10 Å². The Morgan fingerprint density at radius 3 is 2.58 bits per heavy atom. The molecule has 0 aliphatic heterocycles. The summed E-state index contributed by atoms with van der Waals surface area (Å²) in [6, 6.07) is 7.44. The maximum Gasteiger partial charge on any atom is 0.273 e. The first kappa shape index (κ1) is 19.6. The minimum absolute atomic E-state index is 0.0242. The second kappa shape index (κ2) is 8.60. The fourth-order valence-corrected chi connectivity index (χ4v) is 2.33. The van der Waals surface area contributed by atoms with E-state index >= 15 is 0 Å². The van der Waals surface area contributed by atoms with Gasteiger partial charge in [0.15, 0.2) is 5.82 Å². The molecule has 0 fully saturated rings. The molecule has 0 unspecified atom stereocenters. The van der Waals surface area contributed by atoms with Gasteiger partial charge in [-0.25, -0.2) is 0 Å². The molecule has 1 N–H and O–H groups in total. The molecule has 0 aliphatic carbocycles. The van der Waals surface area contributed by atoms with Crippen LogP contribution in [0.2, 0.25) is 0 Å². The minimum Gasteiger partial charge on any atom is -0.491 e. The Labute approximate surface area is 153 Å². The summed E-state index contributed by atoms with van der Waals surface area (Å²) in [6.45, 7) is 7.77. The van der Waals surface area contributed by atoms with Gasteiger partial charge in [-0.2, -0.15) is 0 Å². The van der Waals surface area contributed by atoms with Gasteiger partial charge in [0.25, 0.3) is 5.56 Å². The number of nitrogens with one attached hydrogen (secondary N) is 1. The number of carbonyl (C=O) groups is 1. The van der Waals surface area contributed by atoms with Gasteiger partial charge in [0.1, 0.15) is 11.4 Å². The van der Waals surface area contributed by atoms with Crippen molar-refractivity contribution in [2.75, 3.05) is 7.05 Å². The van der Waals surface area contributed by atoms with E-state index in [2.05, 4.69) is 15.2 Å². The van der Waals surface area contributed by atoms with Gasteiger partial charge in [0.2, 0.25) is 5.91 Å². The summed E-state index contributed by atoms with van der Waals surface area (Å²) in [6.07, 6.45) is 0.540. The van der Waals surface area contributed by atoms with Gasteiger partial charge in [0, 0.05) is 31.5 Å². The monoisotopic (exact) mass is 358 g/mol. The Morgan fingerprint density at radius 1 is 1.23 bits per heavy atom. The first-order chi connectivity index (χ1) is 12.3. The van der Waals surface area contributed by atoms with E-state index in [4.69, 9.17) is 4.74 Å². The van der Waals surface area contributed by atoms with Crippen LogP contribution in [0, 0.1) is 0 Å². The second-order valence-electron chi connectivity index (χ2n) is 6.74. The van der Waals surface area contributed by atoms with Crippen molar-refractivity contribution >= 4 is 5.91 Å². The standard InChI is InChI=1S/C19H26N4O3/c1-12(2)23(5)17(24)10-9-16-19(25)20-18(22-21-16)14-7-6-8-15(11-14)26-13(3)4/h6-8,11-13H,9-10H2,1-5H3,(H,20,22,25). The third-order valence-corrected chi connectivity index (χ3v) is 3.99. The molecule has 1 heterocycles. The topological polar surface area (TPSA) is 88.2 Å². The Balaban J connectivity index is 2.12. The molecule has 0 radical (unpaired) electrons. The number of aromatic amines is 1. The van der Waals surface area contributed by atoms with Crippen molar-refractivity contribution in [2.24, 2.45) is 0 Å². The maximum absolute atomic E-state index is 12.3. The molecule has 2 rings (SSSR count). The van der Waals surface area contributed by atoms with Crippen LogP contribution in [0.3, 0.4) is 0 Å². The third kappa shape index (κ3) is 5.15. The Hall–Kier alpha value is -2.70. The van der Waals surface area contributed by atoms with Crippen molar-refractivity contribution in [1.29, 1.82) is 0 Å². The van der Waals surface area contributed by atoms with Crippen LogP contribution in [0.5, 0.6) is 5.75 Å². The molecule has 1 aromatic heterocycles. The van der Waals surface area contributed by atoms with E-state index in [0.717, 1.165) is 5.56 Å². The molecule has 1 amide bonds. The number of benzene rings is 1. The largest absolute Gasteiger partial charge is 0.491 e. The summed E-state index contributed by atoms with van der Waals surface area (Å²) in [5.41, 5.74) is 0.647. The Kier molecular flexibility index (Phi) is 6.49. The number of nitrogens with zero attached hydrogens (tertiary/aromatic N) is 3. The van der Waals surface area contributed by atoms with Crippen LogP contribution in [-0.4, -0.2) is 45.2 Å². The number of amides is 1. The SMILES string of the molecule is CC(C)Oc1cccc(-c2nnc(CCC(=O)N(C)C(C)C)c(=O)[nH]2)c1. The quantitative estimate of drug-likeness (QED) is 0.821. The first-order valence-corrected chi connectivity index (χ1v) is 8.76. The molecule has 140 valence electrons. The first-order valence-electron chi connectivity index (χ1n) is 8.76. The lowest BCUT2D eigenvalue weighted by atomic mass is 10.2. The van der Waals surface area contributed by atoms with Crippen LogP contribution >= 0.6 is 0 Å². The number of aromatic nitrogens is 3. The van der Waals surface area contributed by atoms with Gasteiger partial charge >= 0.3 is 0 Å². The number of H-pyrrole nitrogens is 1. The average Bonchev–Trinajstić information content (AvgIpc) is 2.59. The summed E-state index contributed by atoms with van der Waals surface area (Å²) in [7, 11) is 1.75. The Morgan fingerprint density at radius 2 is 1.96 bits per heavy atom. The molecule has 1 aromatic carbocycles. The van der Waals surface area contributed by atoms with Gasteiger partial charge in [-0.1, -0.05) is 12.1 Å². The molecular formula is C19H26N4O3. The lowest BCUT2D eigenvalue weighted by Crippen LogP contribution is -2.33. The molecule has 7 heteroatoms. The number of hydrogen-bond donors (Lipinski definition) is 1. The summed E-state index contributed by atoms with van der Waals surface area (Å²) >= 11 is 0. The number of rotatable bonds is 7. The molecular weight excluding hydrogens is 332 g/mol. The predicted molar refractivity (Wildman–Crippen MR) is 100 cm³/mol. The van der Waals surface area contributed by atoms with E-state index in [1.807, 2.05) is 45.9 Å². The summed E-state index contributed by atoms with van der Waals surface area (Å²) in [5, 5.41) is 8.12. The molecule has 0 aliphatic rings. The highest BCUT2D eigenvalue weighted by atomic mass is 16.5. The summed E-state index contributed by atoms with van der Waals surface area (Å²) in [4.78, 5) is 28.7. The smallest absolute Gasteiger partial charge is 0.273 e. The summed E-state index contributed by atoms with van der Waals surface area (Å²) < 4.78 is 5.65. The average molecular weight is 358 g/mol. The second-order valence-corrected chi connectivity index (χ2v) is 6.74. The van der Waals surface area contributed by atoms with Crippen LogP contribution < -0.4 is 10.3 Å². The number of ether oxygens (including phenoxy) is 1. The zero-order chi connectivity index (χ0) is 19.3. The fraction of sp³-hybridized carbons (Fsp3) is 0.474. The van der Waals surface area contributed by atoms with Gasteiger partial charge < -0.3 is 14.6 Å². The lowest BCUT2D eigenvalue weighted by Gasteiger charge is -2.21. The number of hydrogen-bond acceptors (Lipinski definition) is 5. The molecule has 0 atom stereocenters. The number of aryl methyl sites for hydroxylation is 1. The van der Waals surface area contributed by atoms with Crippen molar-refractivity contribution < 1.29 is 9.53 Å². The van der Waals surface area contributed by atoms with Gasteiger partial charge in [-0.3, -0.25) is 9.59 Å². The van der Waals surface area contributed by atoms with Crippen LogP contribution in [0.25, 0.3) is 11.4 Å². The van der Waals surface area contributed by atoms with Crippen LogP contribution in [0.1, 0.15) is 39.8 Å². The van der Waals surface area contributed by atoms with E-state index in [9.17, 15) is 9.59 Å². The highest BCUT2D eigenvalue weighted by Crippen LogP contribution is 2.20. The molecule has 0 bridgehead atoms. The van der Waals surface area contributed by atoms with Gasteiger partial charge in [-0.15, -0.1) is 10.2 Å². The lowest BCUT2D eigenvalue weighted by molar-refractivity contribution is -0.131. The van der Waals surface area contributed by atoms with Crippen molar-refractivity contribution in [3.05, 3.63) is 40.3 Å². The van der Waals surface area contributed by atoms with E-state index in [-0.39, 0.29) is 42.1 Å². The van der Waals surface area contributed by atoms with Crippen molar-refractivity contribution in [2.45, 2.75) is 52.7 Å². The molecule has 7 nitrogen and oxygen atoms in total. The van der Waals surface area contributed by atoms with Crippen molar-refractivity contribution in [1.82, 2.24) is 20.1 Å². The van der Waals surface area contributed by atoms with Crippen LogP contribution in [0.15, 0.2) is 29.1 Å². The highest BCUT2D eigenvalue weighted by molar-refractivity contribution is 5.76. The van der Waals surface area contributed by atoms with E-state index < -0.39 is 0 Å². The zero-order valence-electron chi connectivity index (χ0n) is 15.9. The molecule has 0 saturated carbocycles. The van der Waals surface area contributed by atoms with Crippen molar-refractivity contribution in [3.8, 4) is 17.1 Å². The van der Waals surface area contributed by atoms with Crippen LogP contribution in [-0.2, 0) is 11.2 Å². The van der Waals surface area contributed by atoms with Crippen LogP contribution in [0.4, 0.5) is 0 Å².